The number of benzene rings is 1. The second-order valence-electron chi connectivity index (χ2n) is 4.41. The molecule has 0 amide bonds. The Bertz CT molecular complexity index is 483. The van der Waals surface area contributed by atoms with E-state index in [-0.39, 0.29) is 6.42 Å². The molecule has 1 unspecified atom stereocenters. The Morgan fingerprint density at radius 3 is 2.05 bits per heavy atom. The first kappa shape index (κ1) is 16.6. The van der Waals surface area contributed by atoms with E-state index in [9.17, 15) is 14.5 Å². The van der Waals surface area contributed by atoms with Crippen molar-refractivity contribution in [1.29, 1.82) is 0 Å². The van der Waals surface area contributed by atoms with Crippen LogP contribution in [0, 0.1) is 17.7 Å². The summed E-state index contributed by atoms with van der Waals surface area (Å²) in [5.41, 5.74) is 1.65. The van der Waals surface area contributed by atoms with E-state index in [1.54, 1.807) is 12.1 Å². The average molecular weight is 295 g/mol. The molecule has 0 saturated carbocycles. The molecule has 0 heterocycles. The average Bonchev–Trinajstić information content (AvgIpc) is 2.50. The third kappa shape index (κ3) is 4.55. The van der Waals surface area contributed by atoms with Crippen molar-refractivity contribution in [3.05, 3.63) is 40.3 Å². The summed E-state index contributed by atoms with van der Waals surface area (Å²) in [5, 5.41) is 2.40. The number of hydrogen-bond acceptors (Lipinski definition) is 7. The molecule has 7 nitrogen and oxygen atoms in total. The first-order valence-corrected chi connectivity index (χ1v) is 6.24. The fourth-order valence-corrected chi connectivity index (χ4v) is 1.86. The molecule has 1 atom stereocenters. The molecular weight excluding hydrogens is 278 g/mol. The number of rotatable bonds is 7. The first-order chi connectivity index (χ1) is 10.0. The van der Waals surface area contributed by atoms with Gasteiger partial charge in [0, 0.05) is 6.42 Å². The van der Waals surface area contributed by atoms with Crippen LogP contribution < -0.4 is 0 Å². The van der Waals surface area contributed by atoms with E-state index in [4.69, 9.17) is 4.84 Å². The van der Waals surface area contributed by atoms with E-state index in [1.165, 1.54) is 0 Å². The van der Waals surface area contributed by atoms with Gasteiger partial charge in [0.25, 0.3) is 0 Å². The summed E-state index contributed by atoms with van der Waals surface area (Å²) in [6, 6.07) is 7.11. The molecule has 0 radical (unpaired) electrons. The summed E-state index contributed by atoms with van der Waals surface area (Å²) in [6.07, 6.45) is -0.944. The van der Waals surface area contributed by atoms with Gasteiger partial charge in [0.1, 0.15) is 0 Å². The highest BCUT2D eigenvalue weighted by molar-refractivity contribution is 5.94. The zero-order chi connectivity index (χ0) is 15.8. The number of carbonyl (C=O) groups is 2. The van der Waals surface area contributed by atoms with Gasteiger partial charge in [-0.15, -0.1) is 4.91 Å². The fourth-order valence-electron chi connectivity index (χ4n) is 1.86. The molecule has 0 aliphatic heterocycles. The minimum atomic E-state index is -1.19. The van der Waals surface area contributed by atoms with Gasteiger partial charge < -0.3 is 14.3 Å². The lowest BCUT2D eigenvalue weighted by Crippen LogP contribution is -2.28. The minimum Gasteiger partial charge on any atom is -0.468 e. The summed E-state index contributed by atoms with van der Waals surface area (Å²) < 4.78 is 9.13. The van der Waals surface area contributed by atoms with E-state index >= 15 is 0 Å². The number of aryl methyl sites for hydroxylation is 1. The maximum atomic E-state index is 11.7. The molecule has 0 aromatic heterocycles. The van der Waals surface area contributed by atoms with E-state index in [2.05, 4.69) is 14.8 Å². The monoisotopic (exact) mass is 295 g/mol. The molecule has 1 rings (SSSR count). The van der Waals surface area contributed by atoms with Crippen LogP contribution in [0.3, 0.4) is 0 Å². The van der Waals surface area contributed by atoms with Crippen molar-refractivity contribution in [2.45, 2.75) is 19.4 Å². The summed E-state index contributed by atoms with van der Waals surface area (Å²) in [7, 11) is 2.33. The lowest BCUT2D eigenvalue weighted by Gasteiger charge is -2.18. The number of methoxy groups -OCH3 is 2. The van der Waals surface area contributed by atoms with E-state index < -0.39 is 24.0 Å². The van der Waals surface area contributed by atoms with Gasteiger partial charge in [-0.2, -0.15) is 0 Å². The second kappa shape index (κ2) is 7.98. The van der Waals surface area contributed by atoms with Gasteiger partial charge in [-0.3, -0.25) is 9.59 Å². The van der Waals surface area contributed by atoms with Crippen LogP contribution in [0.2, 0.25) is 0 Å². The Morgan fingerprint density at radius 1 is 1.10 bits per heavy atom. The Morgan fingerprint density at radius 2 is 1.62 bits per heavy atom. The van der Waals surface area contributed by atoms with E-state index in [0.717, 1.165) is 19.8 Å². The topological polar surface area (TPSA) is 91.3 Å². The molecule has 0 aliphatic rings. The maximum Gasteiger partial charge on any atom is 0.320 e. The molecule has 0 fully saturated rings. The fraction of sp³-hybridized carbons (Fsp3) is 0.429. The molecular formula is C14H17NO6. The number of esters is 2. The molecule has 21 heavy (non-hydrogen) atoms. The molecule has 0 saturated heterocycles. The van der Waals surface area contributed by atoms with Gasteiger partial charge in [-0.25, -0.2) is 0 Å². The van der Waals surface area contributed by atoms with Crippen LogP contribution in [-0.2, 0) is 23.9 Å². The predicted octanol–water partition coefficient (Wildman–Crippen LogP) is 2.09. The number of carbonyl (C=O) groups excluding carboxylic acids is 2. The van der Waals surface area contributed by atoms with Crippen LogP contribution in [0.5, 0.6) is 0 Å². The predicted molar refractivity (Wildman–Crippen MR) is 72.9 cm³/mol. The summed E-state index contributed by atoms with van der Waals surface area (Å²) in [5.74, 6) is -2.70. The van der Waals surface area contributed by atoms with Crippen LogP contribution in [0.4, 0.5) is 0 Å². The Labute approximate surface area is 122 Å². The number of nitrogens with zero attached hydrogens (tertiary/aromatic N) is 1. The first-order valence-electron chi connectivity index (χ1n) is 6.24. The van der Waals surface area contributed by atoms with Crippen LogP contribution in [0.15, 0.2) is 29.6 Å². The second-order valence-corrected chi connectivity index (χ2v) is 4.41. The van der Waals surface area contributed by atoms with Gasteiger partial charge >= 0.3 is 11.9 Å². The molecule has 1 aromatic carbocycles. The van der Waals surface area contributed by atoms with Crippen molar-refractivity contribution in [2.75, 3.05) is 14.2 Å². The van der Waals surface area contributed by atoms with Gasteiger partial charge in [-0.1, -0.05) is 29.8 Å². The largest absolute Gasteiger partial charge is 0.468 e. The van der Waals surface area contributed by atoms with Crippen LogP contribution in [-0.4, -0.2) is 26.2 Å². The Balaban J connectivity index is 2.98. The highest BCUT2D eigenvalue weighted by Gasteiger charge is 2.33. The molecule has 114 valence electrons. The lowest BCUT2D eigenvalue weighted by molar-refractivity contribution is -0.160. The SMILES string of the molecule is COC(=O)C(CC(ON=O)c1ccc(C)cc1)C(=O)OC. The van der Waals surface area contributed by atoms with Gasteiger partial charge in [0.15, 0.2) is 17.4 Å². The lowest BCUT2D eigenvalue weighted by atomic mass is 9.96. The number of ether oxygens (including phenoxy) is 2. The van der Waals surface area contributed by atoms with Crippen molar-refractivity contribution < 1.29 is 23.9 Å². The summed E-state index contributed by atoms with van der Waals surface area (Å²) >= 11 is 0. The Hall–Kier alpha value is -2.44. The minimum absolute atomic E-state index is 0.103. The van der Waals surface area contributed by atoms with E-state index in [1.807, 2.05) is 19.1 Å². The van der Waals surface area contributed by atoms with E-state index in [0.29, 0.717) is 5.56 Å². The highest BCUT2D eigenvalue weighted by atomic mass is 16.7. The maximum absolute atomic E-state index is 11.7. The number of hydrogen-bond donors (Lipinski definition) is 0. The van der Waals surface area contributed by atoms with Crippen molar-refractivity contribution in [3.63, 3.8) is 0 Å². The summed E-state index contributed by atoms with van der Waals surface area (Å²) in [4.78, 5) is 38.5. The van der Waals surface area contributed by atoms with Crippen LogP contribution >= 0.6 is 0 Å². The smallest absolute Gasteiger partial charge is 0.320 e. The van der Waals surface area contributed by atoms with Crippen molar-refractivity contribution >= 4 is 11.9 Å². The zero-order valence-electron chi connectivity index (χ0n) is 12.1. The van der Waals surface area contributed by atoms with Gasteiger partial charge in [0.2, 0.25) is 0 Å². The molecule has 0 spiro atoms. The quantitative estimate of drug-likeness (QED) is 0.331. The molecule has 0 bridgehead atoms. The third-order valence-corrected chi connectivity index (χ3v) is 3.04. The Kier molecular flexibility index (Phi) is 6.32. The highest BCUT2D eigenvalue weighted by Crippen LogP contribution is 2.27. The van der Waals surface area contributed by atoms with Crippen molar-refractivity contribution in [2.24, 2.45) is 11.3 Å². The standard InChI is InChI=1S/C14H17NO6/c1-9-4-6-10(7-5-9)12(21-15-18)8-11(13(16)19-2)14(17)20-3/h4-7,11-12H,8H2,1-3H3. The third-order valence-electron chi connectivity index (χ3n) is 3.04. The normalized spacial score (nSPS) is 11.6. The van der Waals surface area contributed by atoms with Crippen molar-refractivity contribution in [3.8, 4) is 0 Å². The zero-order valence-corrected chi connectivity index (χ0v) is 12.1. The summed E-state index contributed by atoms with van der Waals surface area (Å²) in [6.45, 7) is 1.91. The van der Waals surface area contributed by atoms with Gasteiger partial charge in [0.05, 0.1) is 14.2 Å². The van der Waals surface area contributed by atoms with Crippen molar-refractivity contribution in [1.82, 2.24) is 0 Å². The molecule has 0 N–H and O–H groups in total. The molecule has 7 heteroatoms. The van der Waals surface area contributed by atoms with Crippen LogP contribution in [0.1, 0.15) is 23.7 Å². The van der Waals surface area contributed by atoms with Crippen LogP contribution in [0.25, 0.3) is 0 Å². The van der Waals surface area contributed by atoms with Gasteiger partial charge in [-0.05, 0) is 12.5 Å². The molecule has 0 aliphatic carbocycles. The molecule has 1 aromatic rings.